The van der Waals surface area contributed by atoms with Gasteiger partial charge in [-0.3, -0.25) is 8.99 Å². The zero-order chi connectivity index (χ0) is 22.6. The van der Waals surface area contributed by atoms with Crippen LogP contribution < -0.4 is 9.62 Å². The first-order chi connectivity index (χ1) is 14.5. The van der Waals surface area contributed by atoms with E-state index in [4.69, 9.17) is 0 Å². The lowest BCUT2D eigenvalue weighted by atomic mass is 10.1. The molecule has 3 heterocycles. The predicted octanol–water partition coefficient (Wildman–Crippen LogP) is 3.02. The molecule has 0 saturated carbocycles. The van der Waals surface area contributed by atoms with Gasteiger partial charge < -0.3 is 10.2 Å². The van der Waals surface area contributed by atoms with E-state index in [1.165, 1.54) is 15.4 Å². The fourth-order valence-electron chi connectivity index (χ4n) is 3.79. The van der Waals surface area contributed by atoms with Gasteiger partial charge in [0.05, 0.1) is 48.0 Å². The molecular weight excluding hydrogens is 442 g/mol. The first-order valence-corrected chi connectivity index (χ1v) is 11.1. The Hall–Kier alpha value is -2.83. The van der Waals surface area contributed by atoms with E-state index in [2.05, 4.69) is 10.4 Å². The maximum atomic E-state index is 13.5. The molecule has 0 bridgehead atoms. The fraction of sp³-hybridized carbons (Fsp3) is 0.444. The number of nitrogens with zero attached hydrogens (tertiary/aromatic N) is 4. The molecule has 1 aromatic carbocycles. The molecule has 1 atom stereocenters. The van der Waals surface area contributed by atoms with Crippen molar-refractivity contribution in [1.29, 1.82) is 0 Å². The Morgan fingerprint density at radius 1 is 1.29 bits per heavy atom. The van der Waals surface area contributed by atoms with E-state index in [1.54, 1.807) is 11.6 Å². The molecule has 8 nitrogen and oxygen atoms in total. The van der Waals surface area contributed by atoms with Gasteiger partial charge in [-0.1, -0.05) is 0 Å². The van der Waals surface area contributed by atoms with Gasteiger partial charge in [-0.15, -0.1) is 0 Å². The zero-order valence-electron chi connectivity index (χ0n) is 16.4. The molecule has 13 heteroatoms. The molecular formula is C18H19F4N5O3S. The Kier molecular flexibility index (Phi) is 5.10. The van der Waals surface area contributed by atoms with Crippen molar-refractivity contribution in [3.05, 3.63) is 41.5 Å². The molecule has 2 aromatic rings. The first kappa shape index (κ1) is 21.4. The van der Waals surface area contributed by atoms with Crippen LogP contribution in [0.2, 0.25) is 0 Å². The van der Waals surface area contributed by atoms with E-state index in [-0.39, 0.29) is 30.6 Å². The number of alkyl halides is 3. The second-order valence-corrected chi connectivity index (χ2v) is 9.51. The molecule has 1 N–H and O–H groups in total. The molecule has 31 heavy (non-hydrogen) atoms. The Balaban J connectivity index is 1.57. The minimum Gasteiger partial charge on any atom is -0.314 e. The highest BCUT2D eigenvalue weighted by Gasteiger charge is 2.37. The lowest BCUT2D eigenvalue weighted by molar-refractivity contribution is -0.139. The van der Waals surface area contributed by atoms with Crippen molar-refractivity contribution in [3.8, 4) is 0 Å². The number of fused-ring (bicyclic) bond motifs is 1. The van der Waals surface area contributed by atoms with E-state index < -0.39 is 33.6 Å². The lowest BCUT2D eigenvalue weighted by Crippen LogP contribution is -2.47. The Morgan fingerprint density at radius 3 is 2.68 bits per heavy atom. The number of carbonyl (C=O) groups excluding carboxylic acids is 1. The summed E-state index contributed by atoms with van der Waals surface area (Å²) >= 11 is 0. The van der Waals surface area contributed by atoms with Crippen molar-refractivity contribution < 1.29 is 30.8 Å². The van der Waals surface area contributed by atoms with Crippen LogP contribution in [0.25, 0.3) is 0 Å². The van der Waals surface area contributed by atoms with Crippen molar-refractivity contribution in [1.82, 2.24) is 14.7 Å². The fourth-order valence-corrected chi connectivity index (χ4v) is 5.37. The highest BCUT2D eigenvalue weighted by Crippen LogP contribution is 2.34. The summed E-state index contributed by atoms with van der Waals surface area (Å²) < 4.78 is 79.8. The normalized spacial score (nSPS) is 20.6. The summed E-state index contributed by atoms with van der Waals surface area (Å²) in [5.41, 5.74) is -0.763. The number of sulfonamides is 1. The molecule has 1 saturated heterocycles. The molecule has 4 rings (SSSR count). The van der Waals surface area contributed by atoms with Gasteiger partial charge in [0, 0.05) is 12.2 Å². The summed E-state index contributed by atoms with van der Waals surface area (Å²) in [4.78, 5) is 14.2. The van der Waals surface area contributed by atoms with E-state index in [0.29, 0.717) is 36.5 Å². The number of rotatable bonds is 2. The van der Waals surface area contributed by atoms with Crippen molar-refractivity contribution >= 4 is 27.4 Å². The van der Waals surface area contributed by atoms with Gasteiger partial charge in [0.25, 0.3) is 0 Å². The molecule has 0 radical (unpaired) electrons. The maximum Gasteiger partial charge on any atom is 0.419 e. The van der Waals surface area contributed by atoms with Gasteiger partial charge in [0.1, 0.15) is 5.82 Å². The number of hydrogen-bond donors (Lipinski definition) is 1. The standard InChI is InChI=1S/C18H19F4N5O3S/c1-11-9-26-16(15(8-23-26)27-5-2-6-31(27,29)30)10-25(11)17(28)24-12-3-4-14(19)13(7-12)18(20,21)22/h3-4,7-8,11H,2,5-6,9-10H2,1H3,(H,24,28)/t11-/m0/s1. The third-order valence-corrected chi connectivity index (χ3v) is 7.22. The predicted molar refractivity (Wildman–Crippen MR) is 103 cm³/mol. The number of nitrogens with one attached hydrogen (secondary N) is 1. The van der Waals surface area contributed by atoms with Crippen molar-refractivity contribution in [2.75, 3.05) is 21.9 Å². The number of anilines is 2. The molecule has 0 aliphatic carbocycles. The molecule has 2 aliphatic rings. The summed E-state index contributed by atoms with van der Waals surface area (Å²) in [6.45, 7) is 2.36. The van der Waals surface area contributed by atoms with Gasteiger partial charge >= 0.3 is 12.2 Å². The third-order valence-electron chi connectivity index (χ3n) is 5.37. The Morgan fingerprint density at radius 2 is 2.03 bits per heavy atom. The van der Waals surface area contributed by atoms with Crippen molar-refractivity contribution in [3.63, 3.8) is 0 Å². The third kappa shape index (κ3) is 3.93. The minimum atomic E-state index is -4.90. The van der Waals surface area contributed by atoms with Crippen molar-refractivity contribution in [2.24, 2.45) is 0 Å². The average molecular weight is 461 g/mol. The van der Waals surface area contributed by atoms with Gasteiger partial charge in [0.2, 0.25) is 10.0 Å². The highest BCUT2D eigenvalue weighted by molar-refractivity contribution is 7.93. The smallest absolute Gasteiger partial charge is 0.314 e. The topological polar surface area (TPSA) is 87.5 Å². The number of benzene rings is 1. The summed E-state index contributed by atoms with van der Waals surface area (Å²) in [6.07, 6.45) is -2.96. The van der Waals surface area contributed by atoms with Crippen LogP contribution in [0.15, 0.2) is 24.4 Å². The first-order valence-electron chi connectivity index (χ1n) is 9.47. The van der Waals surface area contributed by atoms with E-state index in [9.17, 15) is 30.8 Å². The monoisotopic (exact) mass is 461 g/mol. The van der Waals surface area contributed by atoms with Gasteiger partial charge in [-0.25, -0.2) is 17.6 Å². The molecule has 1 aromatic heterocycles. The summed E-state index contributed by atoms with van der Waals surface area (Å²) in [6, 6.07) is 1.18. The maximum absolute atomic E-state index is 13.5. The number of aromatic nitrogens is 2. The second-order valence-electron chi connectivity index (χ2n) is 7.50. The average Bonchev–Trinajstić information content (AvgIpc) is 3.23. The lowest BCUT2D eigenvalue weighted by Gasteiger charge is -2.35. The van der Waals surface area contributed by atoms with Crippen LogP contribution in [0.1, 0.15) is 24.6 Å². The molecule has 168 valence electrons. The summed E-state index contributed by atoms with van der Waals surface area (Å²) in [7, 11) is -3.45. The van der Waals surface area contributed by atoms with Crippen LogP contribution >= 0.6 is 0 Å². The van der Waals surface area contributed by atoms with E-state index in [0.717, 1.165) is 6.07 Å². The zero-order valence-corrected chi connectivity index (χ0v) is 17.2. The molecule has 0 spiro atoms. The van der Waals surface area contributed by atoms with Crippen LogP contribution in [0, 0.1) is 5.82 Å². The SMILES string of the molecule is C[C@H]1Cn2ncc(N3CCCS3(=O)=O)c2CN1C(=O)Nc1ccc(F)c(C(F)(F)F)c1. The van der Waals surface area contributed by atoms with Crippen molar-refractivity contribution in [2.45, 2.75) is 38.7 Å². The summed E-state index contributed by atoms with van der Waals surface area (Å²) in [5, 5.41) is 6.60. The quantitative estimate of drug-likeness (QED) is 0.697. The van der Waals surface area contributed by atoms with Gasteiger partial charge in [0.15, 0.2) is 0 Å². The molecule has 2 amide bonds. The highest BCUT2D eigenvalue weighted by atomic mass is 32.2. The van der Waals surface area contributed by atoms with Gasteiger partial charge in [-0.2, -0.15) is 18.3 Å². The number of hydrogen-bond acceptors (Lipinski definition) is 4. The largest absolute Gasteiger partial charge is 0.419 e. The minimum absolute atomic E-state index is 0.0156. The molecule has 2 aliphatic heterocycles. The summed E-state index contributed by atoms with van der Waals surface area (Å²) in [5.74, 6) is -1.40. The van der Waals surface area contributed by atoms with Crippen LogP contribution in [0.3, 0.4) is 0 Å². The number of carbonyl (C=O) groups is 1. The molecule has 1 fully saturated rings. The van der Waals surface area contributed by atoms with E-state index in [1.807, 2.05) is 0 Å². The van der Waals surface area contributed by atoms with Crippen LogP contribution in [0.5, 0.6) is 0 Å². The Bertz CT molecular complexity index is 1130. The Labute approximate surface area is 175 Å². The van der Waals surface area contributed by atoms with E-state index >= 15 is 0 Å². The number of urea groups is 1. The number of amides is 2. The van der Waals surface area contributed by atoms with Gasteiger partial charge in [-0.05, 0) is 31.5 Å². The second kappa shape index (κ2) is 7.39. The van der Waals surface area contributed by atoms with Crippen LogP contribution in [-0.2, 0) is 29.3 Å². The van der Waals surface area contributed by atoms with Crippen LogP contribution in [0.4, 0.5) is 33.7 Å². The number of halogens is 4. The molecule has 0 unspecified atom stereocenters. The van der Waals surface area contributed by atoms with Crippen LogP contribution in [-0.4, -0.2) is 47.5 Å².